The molecule has 0 aliphatic carbocycles. The SMILES string of the molecule is CC1(CCc2ccccc2)OCC(COCCOCCO)O1. The first-order chi connectivity index (χ1) is 10.7. The lowest BCUT2D eigenvalue weighted by Crippen LogP contribution is -2.29. The van der Waals surface area contributed by atoms with Gasteiger partial charge in [0.05, 0.1) is 39.6 Å². The Bertz CT molecular complexity index is 411. The minimum atomic E-state index is -0.530. The van der Waals surface area contributed by atoms with E-state index in [0.29, 0.717) is 33.0 Å². The molecule has 2 unspecified atom stereocenters. The molecule has 1 N–H and O–H groups in total. The van der Waals surface area contributed by atoms with Gasteiger partial charge in [0.25, 0.3) is 0 Å². The van der Waals surface area contributed by atoms with Gasteiger partial charge in [0.2, 0.25) is 0 Å². The van der Waals surface area contributed by atoms with Crippen molar-refractivity contribution in [1.29, 1.82) is 0 Å². The third-order valence-electron chi connectivity index (χ3n) is 3.61. The van der Waals surface area contributed by atoms with Gasteiger partial charge in [-0.3, -0.25) is 0 Å². The van der Waals surface area contributed by atoms with Crippen molar-refractivity contribution in [3.63, 3.8) is 0 Å². The molecule has 1 saturated heterocycles. The molecule has 22 heavy (non-hydrogen) atoms. The number of ether oxygens (including phenoxy) is 4. The van der Waals surface area contributed by atoms with Gasteiger partial charge < -0.3 is 24.1 Å². The maximum atomic E-state index is 8.58. The molecule has 2 atom stereocenters. The van der Waals surface area contributed by atoms with Crippen LogP contribution in [0, 0.1) is 0 Å². The van der Waals surface area contributed by atoms with E-state index in [0.717, 1.165) is 12.8 Å². The van der Waals surface area contributed by atoms with Crippen LogP contribution in [0.15, 0.2) is 30.3 Å². The fourth-order valence-electron chi connectivity index (χ4n) is 2.42. The molecule has 1 heterocycles. The smallest absolute Gasteiger partial charge is 0.166 e. The first-order valence-electron chi connectivity index (χ1n) is 7.84. The van der Waals surface area contributed by atoms with Crippen LogP contribution in [0.1, 0.15) is 18.9 Å². The van der Waals surface area contributed by atoms with Crippen molar-refractivity contribution in [2.75, 3.05) is 39.6 Å². The maximum absolute atomic E-state index is 8.58. The van der Waals surface area contributed by atoms with Gasteiger partial charge in [-0.2, -0.15) is 0 Å². The Morgan fingerprint density at radius 2 is 1.95 bits per heavy atom. The molecule has 124 valence electrons. The average molecular weight is 310 g/mol. The van der Waals surface area contributed by atoms with E-state index in [1.165, 1.54) is 5.56 Å². The third kappa shape index (κ3) is 6.02. The topological polar surface area (TPSA) is 57.2 Å². The lowest BCUT2D eigenvalue weighted by molar-refractivity contribution is -0.163. The minimum Gasteiger partial charge on any atom is -0.394 e. The van der Waals surface area contributed by atoms with Gasteiger partial charge in [-0.15, -0.1) is 0 Å². The summed E-state index contributed by atoms with van der Waals surface area (Å²) in [5.74, 6) is -0.530. The van der Waals surface area contributed by atoms with E-state index in [1.807, 2.05) is 25.1 Å². The molecule has 1 aliphatic heterocycles. The summed E-state index contributed by atoms with van der Waals surface area (Å²) < 4.78 is 22.4. The first kappa shape index (κ1) is 17.4. The number of benzene rings is 1. The summed E-state index contributed by atoms with van der Waals surface area (Å²) in [6.45, 7) is 4.43. The zero-order valence-electron chi connectivity index (χ0n) is 13.2. The summed E-state index contributed by atoms with van der Waals surface area (Å²) in [6, 6.07) is 10.3. The molecule has 0 aromatic heterocycles. The molecular formula is C17H26O5. The summed E-state index contributed by atoms with van der Waals surface area (Å²) in [5.41, 5.74) is 1.29. The Morgan fingerprint density at radius 1 is 1.18 bits per heavy atom. The molecule has 1 aromatic rings. The predicted molar refractivity (Wildman–Crippen MR) is 82.7 cm³/mol. The predicted octanol–water partition coefficient (Wildman–Crippen LogP) is 1.78. The number of hydrogen-bond acceptors (Lipinski definition) is 5. The van der Waals surface area contributed by atoms with Crippen molar-refractivity contribution >= 4 is 0 Å². The lowest BCUT2D eigenvalue weighted by Gasteiger charge is -2.23. The van der Waals surface area contributed by atoms with Crippen molar-refractivity contribution in [3.8, 4) is 0 Å². The Hall–Kier alpha value is -0.980. The summed E-state index contributed by atoms with van der Waals surface area (Å²) in [4.78, 5) is 0. The zero-order chi connectivity index (χ0) is 15.7. The van der Waals surface area contributed by atoms with Crippen molar-refractivity contribution in [2.45, 2.75) is 31.7 Å². The largest absolute Gasteiger partial charge is 0.394 e. The quantitative estimate of drug-likeness (QED) is 0.668. The molecule has 2 rings (SSSR count). The van der Waals surface area contributed by atoms with Crippen LogP contribution in [-0.2, 0) is 25.4 Å². The van der Waals surface area contributed by atoms with Crippen LogP contribution in [0.25, 0.3) is 0 Å². The fourth-order valence-corrected chi connectivity index (χ4v) is 2.42. The van der Waals surface area contributed by atoms with E-state index in [2.05, 4.69) is 12.1 Å². The van der Waals surface area contributed by atoms with Gasteiger partial charge in [-0.1, -0.05) is 30.3 Å². The Labute approximate surface area is 132 Å². The van der Waals surface area contributed by atoms with Crippen molar-refractivity contribution in [2.24, 2.45) is 0 Å². The Kier molecular flexibility index (Phi) is 7.29. The van der Waals surface area contributed by atoms with Gasteiger partial charge in [0, 0.05) is 6.42 Å². The normalized spacial score (nSPS) is 24.7. The highest BCUT2D eigenvalue weighted by molar-refractivity contribution is 5.14. The molecule has 1 aliphatic rings. The highest BCUT2D eigenvalue weighted by Crippen LogP contribution is 2.28. The molecular weight excluding hydrogens is 284 g/mol. The minimum absolute atomic E-state index is 0.0291. The second-order valence-electron chi connectivity index (χ2n) is 5.58. The Morgan fingerprint density at radius 3 is 2.73 bits per heavy atom. The molecule has 5 nitrogen and oxygen atoms in total. The van der Waals surface area contributed by atoms with E-state index in [1.54, 1.807) is 0 Å². The summed E-state index contributed by atoms with van der Waals surface area (Å²) in [6.07, 6.45) is 1.73. The van der Waals surface area contributed by atoms with Gasteiger partial charge >= 0.3 is 0 Å². The molecule has 0 amide bonds. The molecule has 0 bridgehead atoms. The van der Waals surface area contributed by atoms with Crippen LogP contribution in [0.4, 0.5) is 0 Å². The maximum Gasteiger partial charge on any atom is 0.166 e. The van der Waals surface area contributed by atoms with Gasteiger partial charge in [-0.25, -0.2) is 0 Å². The van der Waals surface area contributed by atoms with E-state index < -0.39 is 5.79 Å². The van der Waals surface area contributed by atoms with Gasteiger partial charge in [0.1, 0.15) is 6.10 Å². The average Bonchev–Trinajstić information content (AvgIpc) is 2.92. The summed E-state index contributed by atoms with van der Waals surface area (Å²) >= 11 is 0. The van der Waals surface area contributed by atoms with Gasteiger partial charge in [-0.05, 0) is 18.9 Å². The van der Waals surface area contributed by atoms with Crippen LogP contribution in [0.3, 0.4) is 0 Å². The molecule has 0 spiro atoms. The molecule has 0 radical (unpaired) electrons. The third-order valence-corrected chi connectivity index (χ3v) is 3.61. The highest BCUT2D eigenvalue weighted by Gasteiger charge is 2.36. The van der Waals surface area contributed by atoms with Crippen molar-refractivity contribution in [3.05, 3.63) is 35.9 Å². The summed E-state index contributed by atoms with van der Waals surface area (Å²) in [5, 5.41) is 8.58. The molecule has 1 fully saturated rings. The van der Waals surface area contributed by atoms with Crippen LogP contribution >= 0.6 is 0 Å². The van der Waals surface area contributed by atoms with Crippen molar-refractivity contribution < 1.29 is 24.1 Å². The Balaban J connectivity index is 1.61. The van der Waals surface area contributed by atoms with E-state index in [-0.39, 0.29) is 12.7 Å². The highest BCUT2D eigenvalue weighted by atomic mass is 16.7. The number of aryl methyl sites for hydroxylation is 1. The van der Waals surface area contributed by atoms with Crippen LogP contribution in [-0.4, -0.2) is 56.6 Å². The molecule has 0 saturated carbocycles. The zero-order valence-corrected chi connectivity index (χ0v) is 13.2. The van der Waals surface area contributed by atoms with E-state index >= 15 is 0 Å². The number of aliphatic hydroxyl groups excluding tert-OH is 1. The van der Waals surface area contributed by atoms with E-state index in [4.69, 9.17) is 24.1 Å². The van der Waals surface area contributed by atoms with Gasteiger partial charge in [0.15, 0.2) is 5.79 Å². The second kappa shape index (κ2) is 9.22. The second-order valence-corrected chi connectivity index (χ2v) is 5.58. The standard InChI is InChI=1S/C17H26O5/c1-17(8-7-15-5-3-2-4-6-15)21-14-16(22-17)13-20-12-11-19-10-9-18/h2-6,16,18H,7-14H2,1H3. The lowest BCUT2D eigenvalue weighted by atomic mass is 10.1. The number of hydrogen-bond donors (Lipinski definition) is 1. The number of aliphatic hydroxyl groups is 1. The fraction of sp³-hybridized carbons (Fsp3) is 0.647. The van der Waals surface area contributed by atoms with E-state index in [9.17, 15) is 0 Å². The molecule has 5 heteroatoms. The van der Waals surface area contributed by atoms with Crippen LogP contribution in [0.2, 0.25) is 0 Å². The van der Waals surface area contributed by atoms with Crippen molar-refractivity contribution in [1.82, 2.24) is 0 Å². The molecule has 1 aromatic carbocycles. The monoisotopic (exact) mass is 310 g/mol. The summed E-state index contributed by atoms with van der Waals surface area (Å²) in [7, 11) is 0. The van der Waals surface area contributed by atoms with Crippen LogP contribution < -0.4 is 0 Å². The first-order valence-corrected chi connectivity index (χ1v) is 7.84. The van der Waals surface area contributed by atoms with Crippen LogP contribution in [0.5, 0.6) is 0 Å². The number of rotatable bonds is 10.